The average Bonchev–Trinajstić information content (AvgIpc) is 2.25. The van der Waals surface area contributed by atoms with Crippen LogP contribution < -0.4 is 5.32 Å². The Bertz CT molecular complexity index is 317. The molecule has 0 spiro atoms. The topological polar surface area (TPSA) is 34.2 Å². The molecule has 0 bridgehead atoms. The molecule has 1 aliphatic rings. The van der Waals surface area contributed by atoms with Crippen LogP contribution in [0.1, 0.15) is 18.4 Å². The maximum Gasteiger partial charge on any atom is 0.152 e. The van der Waals surface area contributed by atoms with Crippen molar-refractivity contribution in [3.8, 4) is 0 Å². The molecule has 1 saturated heterocycles. The normalized spacial score (nSPS) is 21.3. The van der Waals surface area contributed by atoms with Crippen molar-refractivity contribution in [3.63, 3.8) is 0 Å². The molecule has 1 aromatic rings. The maximum absolute atomic E-state index is 6.03. The summed E-state index contributed by atoms with van der Waals surface area (Å²) in [6.07, 6.45) is 3.96. The van der Waals surface area contributed by atoms with Gasteiger partial charge in [0.25, 0.3) is 0 Å². The Kier molecular flexibility index (Phi) is 3.44. The number of hydrogen-bond donors (Lipinski definition) is 1. The third-order valence-electron chi connectivity index (χ3n) is 2.62. The molecule has 1 N–H and O–H groups in total. The highest BCUT2D eigenvalue weighted by molar-refractivity contribution is 6.32. The fourth-order valence-corrected chi connectivity index (χ4v) is 2.02. The van der Waals surface area contributed by atoms with Crippen LogP contribution in [0, 0.1) is 6.92 Å². The Morgan fingerprint density at radius 1 is 1.60 bits per heavy atom. The van der Waals surface area contributed by atoms with Gasteiger partial charge in [0.2, 0.25) is 0 Å². The van der Waals surface area contributed by atoms with Crippen LogP contribution in [0.25, 0.3) is 0 Å². The fraction of sp³-hybridized carbons (Fsp3) is 0.545. The second-order valence-electron chi connectivity index (χ2n) is 3.85. The summed E-state index contributed by atoms with van der Waals surface area (Å²) in [6.45, 7) is 3.65. The van der Waals surface area contributed by atoms with E-state index in [9.17, 15) is 0 Å². The minimum atomic E-state index is 0.360. The van der Waals surface area contributed by atoms with Gasteiger partial charge in [0.15, 0.2) is 5.15 Å². The van der Waals surface area contributed by atoms with Gasteiger partial charge in [0.1, 0.15) is 0 Å². The lowest BCUT2D eigenvalue weighted by molar-refractivity contribution is 0.0876. The van der Waals surface area contributed by atoms with Crippen LogP contribution >= 0.6 is 11.6 Å². The fourth-order valence-electron chi connectivity index (χ4n) is 1.76. The lowest BCUT2D eigenvalue weighted by Gasteiger charge is -2.25. The molecule has 0 aliphatic carbocycles. The van der Waals surface area contributed by atoms with Crippen LogP contribution in [0.3, 0.4) is 0 Å². The predicted molar refractivity (Wildman–Crippen MR) is 61.4 cm³/mol. The summed E-state index contributed by atoms with van der Waals surface area (Å²) in [5, 5.41) is 3.94. The maximum atomic E-state index is 6.03. The molecule has 4 heteroatoms. The van der Waals surface area contributed by atoms with E-state index in [1.54, 1.807) is 6.20 Å². The number of pyridine rings is 1. The highest BCUT2D eigenvalue weighted by Crippen LogP contribution is 2.24. The number of aryl methyl sites for hydroxylation is 1. The van der Waals surface area contributed by atoms with E-state index in [1.807, 2.05) is 13.0 Å². The Hall–Kier alpha value is -0.800. The SMILES string of the molecule is Cc1ccnc(Cl)c1NC1CCCOC1. The van der Waals surface area contributed by atoms with Gasteiger partial charge in [-0.2, -0.15) is 0 Å². The molecule has 2 rings (SSSR count). The number of ether oxygens (including phenoxy) is 1. The van der Waals surface area contributed by atoms with Crippen molar-refractivity contribution in [3.05, 3.63) is 23.0 Å². The van der Waals surface area contributed by atoms with Crippen LogP contribution in [-0.4, -0.2) is 24.2 Å². The van der Waals surface area contributed by atoms with Crippen LogP contribution in [0.5, 0.6) is 0 Å². The van der Waals surface area contributed by atoms with Crippen LogP contribution in [0.2, 0.25) is 5.15 Å². The highest BCUT2D eigenvalue weighted by atomic mass is 35.5. The molecule has 0 aromatic carbocycles. The van der Waals surface area contributed by atoms with Crippen molar-refractivity contribution in [1.29, 1.82) is 0 Å². The van der Waals surface area contributed by atoms with Gasteiger partial charge in [-0.05, 0) is 31.4 Å². The van der Waals surface area contributed by atoms with E-state index in [0.29, 0.717) is 11.2 Å². The van der Waals surface area contributed by atoms with Crippen LogP contribution in [0.15, 0.2) is 12.3 Å². The van der Waals surface area contributed by atoms with E-state index in [-0.39, 0.29) is 0 Å². The summed E-state index contributed by atoms with van der Waals surface area (Å²) in [7, 11) is 0. The van der Waals surface area contributed by atoms with Crippen molar-refractivity contribution in [2.75, 3.05) is 18.5 Å². The van der Waals surface area contributed by atoms with Gasteiger partial charge in [-0.1, -0.05) is 11.6 Å². The summed E-state index contributed by atoms with van der Waals surface area (Å²) >= 11 is 6.03. The van der Waals surface area contributed by atoms with Gasteiger partial charge in [-0.15, -0.1) is 0 Å². The van der Waals surface area contributed by atoms with Crippen molar-refractivity contribution < 1.29 is 4.74 Å². The first-order valence-electron chi connectivity index (χ1n) is 5.23. The largest absolute Gasteiger partial charge is 0.379 e. The number of rotatable bonds is 2. The van der Waals surface area contributed by atoms with Crippen molar-refractivity contribution in [1.82, 2.24) is 4.98 Å². The smallest absolute Gasteiger partial charge is 0.152 e. The minimum Gasteiger partial charge on any atom is -0.379 e. The van der Waals surface area contributed by atoms with E-state index in [1.165, 1.54) is 0 Å². The molecule has 1 fully saturated rings. The van der Waals surface area contributed by atoms with Gasteiger partial charge < -0.3 is 10.1 Å². The molecule has 0 radical (unpaired) electrons. The number of hydrogen-bond acceptors (Lipinski definition) is 3. The van der Waals surface area contributed by atoms with Crippen molar-refractivity contribution in [2.24, 2.45) is 0 Å². The number of nitrogens with zero attached hydrogens (tertiary/aromatic N) is 1. The summed E-state index contributed by atoms with van der Waals surface area (Å²) in [5.41, 5.74) is 2.07. The third kappa shape index (κ3) is 2.61. The first-order valence-corrected chi connectivity index (χ1v) is 5.60. The minimum absolute atomic E-state index is 0.360. The standard InChI is InChI=1S/C11H15ClN2O/c1-8-4-5-13-11(12)10(8)14-9-3-2-6-15-7-9/h4-5,9,14H,2-3,6-7H2,1H3. The average molecular weight is 227 g/mol. The van der Waals surface area contributed by atoms with E-state index >= 15 is 0 Å². The quantitative estimate of drug-likeness (QED) is 0.788. The molecule has 1 unspecified atom stereocenters. The van der Waals surface area contributed by atoms with Crippen molar-refractivity contribution >= 4 is 17.3 Å². The lowest BCUT2D eigenvalue weighted by Crippen LogP contribution is -2.30. The van der Waals surface area contributed by atoms with Crippen LogP contribution in [0.4, 0.5) is 5.69 Å². The molecule has 3 nitrogen and oxygen atoms in total. The molecular weight excluding hydrogens is 212 g/mol. The van der Waals surface area contributed by atoms with Crippen LogP contribution in [-0.2, 0) is 4.74 Å². The number of aromatic nitrogens is 1. The summed E-state index contributed by atoms with van der Waals surface area (Å²) in [5.74, 6) is 0. The number of halogens is 1. The zero-order valence-electron chi connectivity index (χ0n) is 8.79. The molecular formula is C11H15ClN2O. The van der Waals surface area contributed by atoms with E-state index < -0.39 is 0 Å². The van der Waals surface area contributed by atoms with Gasteiger partial charge in [-0.25, -0.2) is 4.98 Å². The van der Waals surface area contributed by atoms with E-state index in [0.717, 1.165) is 37.3 Å². The predicted octanol–water partition coefficient (Wildman–Crippen LogP) is 2.63. The molecule has 0 amide bonds. The second kappa shape index (κ2) is 4.81. The first-order chi connectivity index (χ1) is 7.27. The summed E-state index contributed by atoms with van der Waals surface area (Å²) < 4.78 is 5.41. The monoisotopic (exact) mass is 226 g/mol. The summed E-state index contributed by atoms with van der Waals surface area (Å²) in [4.78, 5) is 4.07. The van der Waals surface area contributed by atoms with Gasteiger partial charge in [-0.3, -0.25) is 0 Å². The highest BCUT2D eigenvalue weighted by Gasteiger charge is 2.15. The molecule has 1 atom stereocenters. The Morgan fingerprint density at radius 3 is 3.13 bits per heavy atom. The van der Waals surface area contributed by atoms with E-state index in [2.05, 4.69) is 10.3 Å². The zero-order chi connectivity index (χ0) is 10.7. The second-order valence-corrected chi connectivity index (χ2v) is 4.21. The third-order valence-corrected chi connectivity index (χ3v) is 2.91. The zero-order valence-corrected chi connectivity index (χ0v) is 9.55. The Balaban J connectivity index is 2.09. The molecule has 15 heavy (non-hydrogen) atoms. The Labute approximate surface area is 94.8 Å². The van der Waals surface area contributed by atoms with Gasteiger partial charge >= 0.3 is 0 Å². The molecule has 0 saturated carbocycles. The number of anilines is 1. The van der Waals surface area contributed by atoms with Crippen molar-refractivity contribution in [2.45, 2.75) is 25.8 Å². The molecule has 1 aromatic heterocycles. The molecule has 82 valence electrons. The molecule has 2 heterocycles. The molecule has 1 aliphatic heterocycles. The lowest BCUT2D eigenvalue weighted by atomic mass is 10.1. The van der Waals surface area contributed by atoms with E-state index in [4.69, 9.17) is 16.3 Å². The summed E-state index contributed by atoms with van der Waals surface area (Å²) in [6, 6.07) is 2.32. The Morgan fingerprint density at radius 2 is 2.47 bits per heavy atom. The number of nitrogens with one attached hydrogen (secondary N) is 1. The van der Waals surface area contributed by atoms with Gasteiger partial charge in [0.05, 0.1) is 12.3 Å². The first kappa shape index (κ1) is 10.7. The van der Waals surface area contributed by atoms with Gasteiger partial charge in [0, 0.05) is 18.8 Å².